The molecule has 11 heavy (non-hydrogen) atoms. The maximum atomic E-state index is 10.7. The quantitative estimate of drug-likeness (QED) is 0.599. The van der Waals surface area contributed by atoms with Crippen LogP contribution in [0, 0.1) is 0 Å². The zero-order valence-electron chi connectivity index (χ0n) is 5.80. The van der Waals surface area contributed by atoms with Crippen molar-refractivity contribution in [1.29, 1.82) is 0 Å². The Kier molecular flexibility index (Phi) is 1.92. The van der Waals surface area contributed by atoms with Crippen molar-refractivity contribution in [3.8, 4) is 0 Å². The predicted octanol–water partition coefficient (Wildman–Crippen LogP) is -1.42. The largest absolute Gasteiger partial charge is 0.390 e. The topological polar surface area (TPSA) is 85.1 Å². The highest BCUT2D eigenvalue weighted by atomic mass is 32.2. The molecule has 6 nitrogen and oxygen atoms in total. The van der Waals surface area contributed by atoms with E-state index in [2.05, 4.69) is 10.3 Å². The van der Waals surface area contributed by atoms with E-state index >= 15 is 0 Å². The third-order valence-electron chi connectivity index (χ3n) is 1.02. The summed E-state index contributed by atoms with van der Waals surface area (Å²) >= 11 is 0. The second kappa shape index (κ2) is 2.59. The first-order valence-corrected chi connectivity index (χ1v) is 4.61. The third kappa shape index (κ3) is 1.75. The van der Waals surface area contributed by atoms with Gasteiger partial charge < -0.3 is 5.11 Å². The number of hydrogen-bond acceptors (Lipinski definition) is 5. The molecule has 0 atom stereocenters. The molecule has 1 rings (SSSR count). The monoisotopic (exact) mass is 177 g/mol. The zero-order chi connectivity index (χ0) is 8.48. The molecular weight excluding hydrogens is 170 g/mol. The average molecular weight is 177 g/mol. The van der Waals surface area contributed by atoms with Crippen molar-refractivity contribution < 1.29 is 13.5 Å². The lowest BCUT2D eigenvalue weighted by molar-refractivity contribution is 0.276. The Balaban J connectivity index is 3.09. The van der Waals surface area contributed by atoms with Crippen molar-refractivity contribution in [3.63, 3.8) is 0 Å². The lowest BCUT2D eigenvalue weighted by Gasteiger charge is -1.91. The lowest BCUT2D eigenvalue weighted by atomic mass is 10.5. The molecule has 0 saturated carbocycles. The minimum Gasteiger partial charge on any atom is -0.390 e. The molecule has 0 aromatic carbocycles. The van der Waals surface area contributed by atoms with Crippen molar-refractivity contribution in [1.82, 2.24) is 14.4 Å². The van der Waals surface area contributed by atoms with Gasteiger partial charge >= 0.3 is 0 Å². The number of nitrogens with zero attached hydrogens (tertiary/aromatic N) is 3. The van der Waals surface area contributed by atoms with Gasteiger partial charge in [0.15, 0.2) is 0 Å². The molecule has 0 unspecified atom stereocenters. The Morgan fingerprint density at radius 2 is 2.36 bits per heavy atom. The van der Waals surface area contributed by atoms with Crippen LogP contribution in [-0.4, -0.2) is 34.2 Å². The maximum absolute atomic E-state index is 10.7. The minimum absolute atomic E-state index is 0.232. The smallest absolute Gasteiger partial charge is 0.252 e. The van der Waals surface area contributed by atoms with Crippen LogP contribution in [0.25, 0.3) is 0 Å². The van der Waals surface area contributed by atoms with Crippen LogP contribution < -0.4 is 0 Å². The number of hydrogen-bond donors (Lipinski definition) is 1. The second-order valence-electron chi connectivity index (χ2n) is 2.00. The maximum Gasteiger partial charge on any atom is 0.252 e. The lowest BCUT2D eigenvalue weighted by Crippen LogP contribution is -2.10. The van der Waals surface area contributed by atoms with E-state index in [1.54, 1.807) is 0 Å². The van der Waals surface area contributed by atoms with E-state index in [-0.39, 0.29) is 12.3 Å². The Labute approximate surface area is 63.5 Å². The molecule has 1 N–H and O–H groups in total. The van der Waals surface area contributed by atoms with Gasteiger partial charge in [0.1, 0.15) is 5.69 Å². The van der Waals surface area contributed by atoms with Gasteiger partial charge in [-0.1, -0.05) is 5.21 Å². The van der Waals surface area contributed by atoms with Crippen molar-refractivity contribution in [2.24, 2.45) is 0 Å². The number of aromatic nitrogens is 3. The van der Waals surface area contributed by atoms with Crippen LogP contribution in [0.3, 0.4) is 0 Å². The Hall–Kier alpha value is -0.950. The molecule has 0 spiro atoms. The minimum atomic E-state index is -3.36. The summed E-state index contributed by atoms with van der Waals surface area (Å²) in [6.45, 7) is -0.310. The fourth-order valence-corrected chi connectivity index (χ4v) is 0.997. The van der Waals surface area contributed by atoms with Crippen molar-refractivity contribution >= 4 is 10.0 Å². The number of aliphatic hydroxyl groups excluding tert-OH is 1. The standard InChI is InChI=1S/C4H7N3O3S/c1-11(9,10)7-2-4(3-8)5-6-7/h2,8H,3H2,1H3. The van der Waals surface area contributed by atoms with E-state index < -0.39 is 10.0 Å². The predicted molar refractivity (Wildman–Crippen MR) is 36.2 cm³/mol. The highest BCUT2D eigenvalue weighted by molar-refractivity contribution is 7.89. The van der Waals surface area contributed by atoms with Gasteiger partial charge in [-0.15, -0.1) is 9.19 Å². The first-order valence-electron chi connectivity index (χ1n) is 2.76. The molecule has 1 aromatic heterocycles. The van der Waals surface area contributed by atoms with Crippen LogP contribution in [-0.2, 0) is 16.6 Å². The third-order valence-corrected chi connectivity index (χ3v) is 1.88. The Morgan fingerprint density at radius 3 is 2.64 bits per heavy atom. The number of rotatable bonds is 2. The summed E-state index contributed by atoms with van der Waals surface area (Å²) in [6, 6.07) is 0. The summed E-state index contributed by atoms with van der Waals surface area (Å²) in [4.78, 5) is 0. The highest BCUT2D eigenvalue weighted by Gasteiger charge is 2.07. The van der Waals surface area contributed by atoms with Gasteiger partial charge in [0.25, 0.3) is 10.0 Å². The summed E-state index contributed by atoms with van der Waals surface area (Å²) in [5, 5.41) is 15.2. The van der Waals surface area contributed by atoms with Crippen LogP contribution >= 0.6 is 0 Å². The summed E-state index contributed by atoms with van der Waals surface area (Å²) in [5.41, 5.74) is 0.232. The van der Waals surface area contributed by atoms with E-state index in [0.29, 0.717) is 4.09 Å². The van der Waals surface area contributed by atoms with E-state index in [1.165, 1.54) is 0 Å². The van der Waals surface area contributed by atoms with E-state index in [0.717, 1.165) is 12.5 Å². The molecule has 0 aliphatic rings. The van der Waals surface area contributed by atoms with Gasteiger partial charge in [-0.2, -0.15) is 0 Å². The average Bonchev–Trinajstić information content (AvgIpc) is 2.32. The van der Waals surface area contributed by atoms with Crippen molar-refractivity contribution in [3.05, 3.63) is 11.9 Å². The van der Waals surface area contributed by atoms with Gasteiger partial charge in [0.2, 0.25) is 0 Å². The van der Waals surface area contributed by atoms with Crippen LogP contribution in [0.5, 0.6) is 0 Å². The summed E-state index contributed by atoms with van der Waals surface area (Å²) in [5.74, 6) is 0. The number of aliphatic hydroxyl groups is 1. The van der Waals surface area contributed by atoms with Crippen LogP contribution in [0.4, 0.5) is 0 Å². The highest BCUT2D eigenvalue weighted by Crippen LogP contribution is 1.94. The molecule has 0 amide bonds. The van der Waals surface area contributed by atoms with Crippen LogP contribution in [0.15, 0.2) is 6.20 Å². The van der Waals surface area contributed by atoms with Gasteiger partial charge in [0, 0.05) is 0 Å². The summed E-state index contributed by atoms with van der Waals surface area (Å²) < 4.78 is 22.2. The van der Waals surface area contributed by atoms with Gasteiger partial charge in [-0.05, 0) is 0 Å². The molecule has 1 heterocycles. The first-order chi connectivity index (χ1) is 5.04. The van der Waals surface area contributed by atoms with Crippen molar-refractivity contribution in [2.45, 2.75) is 6.61 Å². The molecule has 7 heteroatoms. The molecule has 0 bridgehead atoms. The molecule has 0 radical (unpaired) electrons. The molecule has 62 valence electrons. The molecule has 0 aliphatic heterocycles. The molecule has 0 fully saturated rings. The second-order valence-corrected chi connectivity index (χ2v) is 3.84. The van der Waals surface area contributed by atoms with E-state index in [4.69, 9.17) is 5.11 Å². The van der Waals surface area contributed by atoms with Gasteiger partial charge in [-0.3, -0.25) is 0 Å². The zero-order valence-corrected chi connectivity index (χ0v) is 6.61. The van der Waals surface area contributed by atoms with Gasteiger partial charge in [-0.25, -0.2) is 8.42 Å². The van der Waals surface area contributed by atoms with Gasteiger partial charge in [0.05, 0.1) is 19.1 Å². The molecule has 0 aliphatic carbocycles. The summed E-state index contributed by atoms with van der Waals surface area (Å²) in [6.07, 6.45) is 2.16. The SMILES string of the molecule is CS(=O)(=O)n1cc(CO)nn1. The normalized spacial score (nSPS) is 11.8. The first kappa shape index (κ1) is 8.15. The fraction of sp³-hybridized carbons (Fsp3) is 0.500. The molecule has 1 aromatic rings. The summed E-state index contributed by atoms with van der Waals surface area (Å²) in [7, 11) is -3.36. The Morgan fingerprint density at radius 1 is 1.73 bits per heavy atom. The van der Waals surface area contributed by atoms with Crippen LogP contribution in [0.1, 0.15) is 5.69 Å². The van der Waals surface area contributed by atoms with Crippen LogP contribution in [0.2, 0.25) is 0 Å². The molecule has 0 saturated heterocycles. The Bertz CT molecular complexity index is 341. The van der Waals surface area contributed by atoms with Crippen molar-refractivity contribution in [2.75, 3.05) is 6.26 Å². The fourth-order valence-electron chi connectivity index (χ4n) is 0.515. The van der Waals surface area contributed by atoms with E-state index in [9.17, 15) is 8.42 Å². The van der Waals surface area contributed by atoms with E-state index in [1.807, 2.05) is 0 Å². The molecular formula is C4H7N3O3S.